The molecule has 0 aliphatic carbocycles. The van der Waals surface area contributed by atoms with Crippen LogP contribution in [0, 0.1) is 6.92 Å². The van der Waals surface area contributed by atoms with E-state index in [1.807, 2.05) is 37.3 Å². The van der Waals surface area contributed by atoms with Crippen LogP contribution in [0.3, 0.4) is 0 Å². The molecule has 27 heavy (non-hydrogen) atoms. The molecule has 0 saturated carbocycles. The number of aromatic amines is 1. The van der Waals surface area contributed by atoms with Crippen molar-refractivity contribution in [2.75, 3.05) is 18.0 Å². The van der Waals surface area contributed by atoms with Crippen molar-refractivity contribution >= 4 is 38.0 Å². The summed E-state index contributed by atoms with van der Waals surface area (Å²) in [7, 11) is -3.66. The van der Waals surface area contributed by atoms with Crippen LogP contribution < -0.4 is 9.88 Å². The summed E-state index contributed by atoms with van der Waals surface area (Å²) in [5.41, 5.74) is 2.66. The number of nitrogens with zero attached hydrogens (tertiary/aromatic N) is 1. The molecule has 1 saturated heterocycles. The summed E-state index contributed by atoms with van der Waals surface area (Å²) in [5, 5.41) is 1.44. The molecule has 1 aliphatic heterocycles. The monoisotopic (exact) mass is 401 g/mol. The van der Waals surface area contributed by atoms with Gasteiger partial charge < -0.3 is 4.90 Å². The van der Waals surface area contributed by atoms with Crippen LogP contribution in [-0.4, -0.2) is 21.5 Å². The molecule has 2 heterocycles. The number of benzene rings is 2. The molecule has 6 heteroatoms. The molecule has 3 aromatic rings. The van der Waals surface area contributed by atoms with E-state index in [1.165, 1.54) is 6.42 Å². The Kier molecular flexibility index (Phi) is 4.82. The number of rotatable bonds is 3. The first kappa shape index (κ1) is 18.3. The Morgan fingerprint density at radius 1 is 1.00 bits per heavy atom. The van der Waals surface area contributed by atoms with Gasteiger partial charge in [-0.15, -0.1) is 0 Å². The molecule has 4 rings (SSSR count). The van der Waals surface area contributed by atoms with Gasteiger partial charge >= 0.3 is 0 Å². The van der Waals surface area contributed by atoms with Crippen LogP contribution in [-0.2, 0) is 9.84 Å². The van der Waals surface area contributed by atoms with E-state index < -0.39 is 9.84 Å². The standard InChI is InChI=1S/C21H21ClN2O2S/c1-15-5-8-17(9-6-15)27(25,26)20-14-23-19-10-7-16(22)13-18(19)21(20)24-11-3-2-4-12-24/h5-10,13-14H,2-4,11-12H2,1H3/p+1. The molecular weight excluding hydrogens is 380 g/mol. The van der Waals surface area contributed by atoms with Crippen LogP contribution in [0.15, 0.2) is 58.5 Å². The zero-order valence-electron chi connectivity index (χ0n) is 15.2. The second-order valence-electron chi connectivity index (χ2n) is 7.06. The summed E-state index contributed by atoms with van der Waals surface area (Å²) in [6, 6.07) is 12.6. The lowest BCUT2D eigenvalue weighted by molar-refractivity contribution is -0.347. The molecule has 1 aromatic heterocycles. The molecule has 0 spiro atoms. The molecule has 1 fully saturated rings. The Hall–Kier alpha value is -2.11. The van der Waals surface area contributed by atoms with Gasteiger partial charge in [0.25, 0.3) is 0 Å². The molecule has 4 nitrogen and oxygen atoms in total. The van der Waals surface area contributed by atoms with Crippen molar-refractivity contribution in [3.8, 4) is 0 Å². The van der Waals surface area contributed by atoms with Gasteiger partial charge in [-0.05, 0) is 50.5 Å². The van der Waals surface area contributed by atoms with Crippen LogP contribution in [0.25, 0.3) is 10.9 Å². The minimum Gasteiger partial charge on any atom is -0.370 e. The quantitative estimate of drug-likeness (QED) is 0.652. The van der Waals surface area contributed by atoms with Gasteiger partial charge in [-0.1, -0.05) is 29.3 Å². The average molecular weight is 402 g/mol. The number of hydrogen-bond acceptors (Lipinski definition) is 3. The smallest absolute Gasteiger partial charge is 0.214 e. The van der Waals surface area contributed by atoms with Gasteiger partial charge in [0.15, 0.2) is 11.1 Å². The molecule has 0 atom stereocenters. The van der Waals surface area contributed by atoms with Gasteiger partial charge in [-0.3, -0.25) is 0 Å². The largest absolute Gasteiger partial charge is 0.370 e. The van der Waals surface area contributed by atoms with E-state index >= 15 is 0 Å². The van der Waals surface area contributed by atoms with Crippen molar-refractivity contribution in [2.45, 2.75) is 36.0 Å². The lowest BCUT2D eigenvalue weighted by Crippen LogP contribution is -2.31. The van der Waals surface area contributed by atoms with Crippen molar-refractivity contribution in [1.82, 2.24) is 0 Å². The van der Waals surface area contributed by atoms with Crippen LogP contribution in [0.1, 0.15) is 24.8 Å². The number of fused-ring (bicyclic) bond motifs is 1. The maximum atomic E-state index is 13.5. The maximum Gasteiger partial charge on any atom is 0.214 e. The fraction of sp³-hybridized carbons (Fsp3) is 0.286. The molecule has 1 N–H and O–H groups in total. The number of piperidine rings is 1. The second kappa shape index (κ2) is 7.13. The number of H-pyrrole nitrogens is 1. The first-order valence-corrected chi connectivity index (χ1v) is 11.0. The highest BCUT2D eigenvalue weighted by molar-refractivity contribution is 7.91. The topological polar surface area (TPSA) is 51.5 Å². The first-order chi connectivity index (χ1) is 13.0. The minimum atomic E-state index is -3.66. The summed E-state index contributed by atoms with van der Waals surface area (Å²) in [6.07, 6.45) is 4.92. The van der Waals surface area contributed by atoms with E-state index in [9.17, 15) is 8.42 Å². The van der Waals surface area contributed by atoms with Gasteiger partial charge in [0.05, 0.1) is 16.0 Å². The minimum absolute atomic E-state index is 0.307. The molecule has 0 unspecified atom stereocenters. The molecule has 0 amide bonds. The molecular formula is C21H22ClN2O2S+. The molecule has 1 aliphatic rings. The fourth-order valence-corrected chi connectivity index (χ4v) is 5.30. The summed E-state index contributed by atoms with van der Waals surface area (Å²) < 4.78 is 26.9. The summed E-state index contributed by atoms with van der Waals surface area (Å²) in [4.78, 5) is 5.96. The van der Waals surface area contributed by atoms with Crippen LogP contribution in [0.4, 0.5) is 5.69 Å². The van der Waals surface area contributed by atoms with Gasteiger partial charge in [0, 0.05) is 24.2 Å². The number of sulfone groups is 1. The zero-order chi connectivity index (χ0) is 19.0. The highest BCUT2D eigenvalue weighted by Crippen LogP contribution is 2.37. The van der Waals surface area contributed by atoms with E-state index in [-0.39, 0.29) is 0 Å². The van der Waals surface area contributed by atoms with E-state index in [1.54, 1.807) is 18.3 Å². The molecule has 2 aromatic carbocycles. The Labute approximate surface area is 164 Å². The fourth-order valence-electron chi connectivity index (χ4n) is 3.68. The highest BCUT2D eigenvalue weighted by Gasteiger charge is 2.30. The van der Waals surface area contributed by atoms with Crippen molar-refractivity contribution < 1.29 is 13.4 Å². The number of halogens is 1. The van der Waals surface area contributed by atoms with E-state index in [0.29, 0.717) is 14.8 Å². The third-order valence-electron chi connectivity index (χ3n) is 5.12. The summed E-state index contributed by atoms with van der Waals surface area (Å²) in [6.45, 7) is 3.64. The first-order valence-electron chi connectivity index (χ1n) is 9.17. The Bertz CT molecular complexity index is 1090. The van der Waals surface area contributed by atoms with Crippen LogP contribution >= 0.6 is 11.6 Å². The molecule has 0 bridgehead atoms. The van der Waals surface area contributed by atoms with Crippen LogP contribution in [0.5, 0.6) is 0 Å². The van der Waals surface area contributed by atoms with Crippen molar-refractivity contribution in [2.24, 2.45) is 0 Å². The Balaban J connectivity index is 1.98. The lowest BCUT2D eigenvalue weighted by Gasteiger charge is -2.30. The number of anilines is 1. The number of hydrogen-bond donors (Lipinski definition) is 0. The Morgan fingerprint density at radius 2 is 1.70 bits per heavy atom. The second-order valence-corrected chi connectivity index (χ2v) is 9.41. The van der Waals surface area contributed by atoms with E-state index in [0.717, 1.165) is 48.1 Å². The Morgan fingerprint density at radius 3 is 2.41 bits per heavy atom. The summed E-state index contributed by atoms with van der Waals surface area (Å²) >= 11 is 6.25. The normalized spacial score (nSPS) is 15.3. The van der Waals surface area contributed by atoms with Gasteiger partial charge in [-0.25, -0.2) is 13.4 Å². The maximum absolute atomic E-state index is 13.5. The molecule has 0 radical (unpaired) electrons. The zero-order valence-corrected chi connectivity index (χ0v) is 16.8. The van der Waals surface area contributed by atoms with Gasteiger partial charge in [0.2, 0.25) is 15.4 Å². The lowest BCUT2D eigenvalue weighted by atomic mass is 10.1. The van der Waals surface area contributed by atoms with Crippen molar-refractivity contribution in [3.63, 3.8) is 0 Å². The third-order valence-corrected chi connectivity index (χ3v) is 7.14. The SMILES string of the molecule is Cc1ccc(S(=O)(=O)c2c[nH+]c3ccc(Cl)cc3c2N2CCCCC2)cc1. The van der Waals surface area contributed by atoms with Crippen molar-refractivity contribution in [1.29, 1.82) is 0 Å². The highest BCUT2D eigenvalue weighted by atomic mass is 35.5. The predicted octanol–water partition coefficient (Wildman–Crippen LogP) is 4.44. The number of aromatic nitrogens is 1. The number of nitrogens with one attached hydrogen (secondary N) is 1. The number of aryl methyl sites for hydroxylation is 1. The van der Waals surface area contributed by atoms with E-state index in [4.69, 9.17) is 11.6 Å². The molecule has 140 valence electrons. The third kappa shape index (κ3) is 3.42. The van der Waals surface area contributed by atoms with E-state index in [2.05, 4.69) is 9.88 Å². The van der Waals surface area contributed by atoms with Crippen LogP contribution in [0.2, 0.25) is 5.02 Å². The average Bonchev–Trinajstić information content (AvgIpc) is 2.68. The number of pyridine rings is 1. The predicted molar refractivity (Wildman–Crippen MR) is 108 cm³/mol. The van der Waals surface area contributed by atoms with Crippen molar-refractivity contribution in [3.05, 3.63) is 59.2 Å². The summed E-state index contributed by atoms with van der Waals surface area (Å²) in [5.74, 6) is 0. The van der Waals surface area contributed by atoms with Gasteiger partial charge in [0.1, 0.15) is 0 Å². The van der Waals surface area contributed by atoms with Gasteiger partial charge in [-0.2, -0.15) is 0 Å².